The predicted molar refractivity (Wildman–Crippen MR) is 111 cm³/mol. The summed E-state index contributed by atoms with van der Waals surface area (Å²) in [7, 11) is 0. The number of hydrogen-bond acceptors (Lipinski definition) is 7. The van der Waals surface area contributed by atoms with Crippen molar-refractivity contribution in [1.29, 1.82) is 0 Å². The monoisotopic (exact) mass is 452 g/mol. The van der Waals surface area contributed by atoms with Crippen LogP contribution in [0.3, 0.4) is 0 Å². The van der Waals surface area contributed by atoms with Gasteiger partial charge < -0.3 is 37.0 Å². The van der Waals surface area contributed by atoms with Gasteiger partial charge in [0.1, 0.15) is 24.4 Å². The molecule has 1 rings (SSSR count). The van der Waals surface area contributed by atoms with Crippen molar-refractivity contribution in [1.82, 2.24) is 16.0 Å². The van der Waals surface area contributed by atoms with Gasteiger partial charge in [-0.15, -0.1) is 0 Å². The number of carbonyl (C=O) groups excluding carboxylic acids is 3. The van der Waals surface area contributed by atoms with E-state index in [-0.39, 0.29) is 12.2 Å². The molecule has 0 aliphatic heterocycles. The molecule has 0 saturated heterocycles. The van der Waals surface area contributed by atoms with Crippen molar-refractivity contribution in [3.8, 4) is 5.75 Å². The van der Waals surface area contributed by atoms with E-state index in [4.69, 9.17) is 15.9 Å². The first-order valence-electron chi connectivity index (χ1n) is 9.76. The van der Waals surface area contributed by atoms with Gasteiger partial charge in [-0.3, -0.25) is 24.0 Å². The van der Waals surface area contributed by atoms with E-state index in [2.05, 4.69) is 10.6 Å². The van der Waals surface area contributed by atoms with Crippen LogP contribution in [0.4, 0.5) is 0 Å². The number of nitrogens with one attached hydrogen (secondary N) is 3. The van der Waals surface area contributed by atoms with Crippen molar-refractivity contribution < 1.29 is 39.3 Å². The van der Waals surface area contributed by atoms with E-state index in [0.717, 1.165) is 0 Å². The fraction of sp³-hybridized carbons (Fsp3) is 0.450. The lowest BCUT2D eigenvalue weighted by Crippen LogP contribution is -2.58. The van der Waals surface area contributed by atoms with E-state index < -0.39 is 66.7 Å². The standard InChI is InChI=1S/C20H28N4O8/c1-10(2)17(24-18(30)13(21)7-11-3-5-12(25)6-4-11)20(32)23-14(8-15(26)27)19(31)22-9-16(28)29/h3-6,10,13-14,17,25H,7-9,21H2,1-2H3,(H,22,31)(H,23,32)(H,24,30)(H,26,27)(H,28,29). The summed E-state index contributed by atoms with van der Waals surface area (Å²) in [6.07, 6.45) is -0.645. The largest absolute Gasteiger partial charge is 0.508 e. The number of aromatic hydroxyl groups is 1. The molecular weight excluding hydrogens is 424 g/mol. The third-order valence-corrected chi connectivity index (χ3v) is 4.40. The molecule has 0 aliphatic rings. The predicted octanol–water partition coefficient (Wildman–Crippen LogP) is -1.44. The quantitative estimate of drug-likeness (QED) is 0.198. The Kier molecular flexibility index (Phi) is 10.1. The van der Waals surface area contributed by atoms with Gasteiger partial charge in [-0.1, -0.05) is 26.0 Å². The number of rotatable bonds is 12. The van der Waals surface area contributed by atoms with E-state index in [1.807, 2.05) is 5.32 Å². The van der Waals surface area contributed by atoms with Crippen molar-refractivity contribution in [2.24, 2.45) is 11.7 Å². The molecule has 32 heavy (non-hydrogen) atoms. The van der Waals surface area contributed by atoms with Crippen molar-refractivity contribution in [2.75, 3.05) is 6.54 Å². The SMILES string of the molecule is CC(C)C(NC(=O)C(N)Cc1ccc(O)cc1)C(=O)NC(CC(=O)O)C(=O)NCC(=O)O. The molecule has 3 amide bonds. The molecule has 12 heteroatoms. The summed E-state index contributed by atoms with van der Waals surface area (Å²) in [4.78, 5) is 58.9. The van der Waals surface area contributed by atoms with Gasteiger partial charge in [0.05, 0.1) is 12.5 Å². The lowest BCUT2D eigenvalue weighted by atomic mass is 10.0. The molecular formula is C20H28N4O8. The molecule has 0 fully saturated rings. The van der Waals surface area contributed by atoms with Crippen LogP contribution in [0.1, 0.15) is 25.8 Å². The van der Waals surface area contributed by atoms with Crippen molar-refractivity contribution in [2.45, 2.75) is 44.8 Å². The number of carboxylic acids is 2. The number of phenols is 1. The molecule has 8 N–H and O–H groups in total. The summed E-state index contributed by atoms with van der Waals surface area (Å²) in [5, 5.41) is 33.7. The third kappa shape index (κ3) is 9.00. The minimum absolute atomic E-state index is 0.0617. The number of phenolic OH excluding ortho intramolecular Hbond substituents is 1. The van der Waals surface area contributed by atoms with E-state index in [0.29, 0.717) is 5.56 Å². The average Bonchev–Trinajstić information content (AvgIpc) is 2.70. The second kappa shape index (κ2) is 12.2. The van der Waals surface area contributed by atoms with Crippen LogP contribution in [-0.4, -0.2) is 69.7 Å². The molecule has 12 nitrogen and oxygen atoms in total. The summed E-state index contributed by atoms with van der Waals surface area (Å²) >= 11 is 0. The van der Waals surface area contributed by atoms with Crippen molar-refractivity contribution in [3.05, 3.63) is 29.8 Å². The maximum atomic E-state index is 12.7. The molecule has 1 aromatic carbocycles. The highest BCUT2D eigenvalue weighted by molar-refractivity contribution is 5.95. The molecule has 1 aromatic rings. The first-order chi connectivity index (χ1) is 14.9. The number of aliphatic carboxylic acids is 2. The first kappa shape index (κ1) is 26.4. The van der Waals surface area contributed by atoms with Gasteiger partial charge >= 0.3 is 11.9 Å². The molecule has 0 heterocycles. The van der Waals surface area contributed by atoms with Gasteiger partial charge in [0.15, 0.2) is 0 Å². The molecule has 0 saturated carbocycles. The van der Waals surface area contributed by atoms with Crippen LogP contribution in [-0.2, 0) is 30.4 Å². The molecule has 176 valence electrons. The van der Waals surface area contributed by atoms with E-state index in [1.165, 1.54) is 12.1 Å². The normalized spacial score (nSPS) is 13.5. The molecule has 0 spiro atoms. The number of carboxylic acid groups (broad SMARTS) is 2. The highest BCUT2D eigenvalue weighted by Gasteiger charge is 2.31. The average molecular weight is 452 g/mol. The van der Waals surface area contributed by atoms with E-state index in [9.17, 15) is 29.1 Å². The van der Waals surface area contributed by atoms with E-state index in [1.54, 1.807) is 26.0 Å². The zero-order valence-electron chi connectivity index (χ0n) is 17.7. The van der Waals surface area contributed by atoms with Crippen LogP contribution in [0.25, 0.3) is 0 Å². The van der Waals surface area contributed by atoms with E-state index >= 15 is 0 Å². The lowest BCUT2D eigenvalue weighted by Gasteiger charge is -2.25. The van der Waals surface area contributed by atoms with Gasteiger partial charge in [0.2, 0.25) is 17.7 Å². The summed E-state index contributed by atoms with van der Waals surface area (Å²) in [6.45, 7) is 2.51. The van der Waals surface area contributed by atoms with Crippen LogP contribution in [0.15, 0.2) is 24.3 Å². The maximum absolute atomic E-state index is 12.7. The number of hydrogen-bond donors (Lipinski definition) is 7. The van der Waals surface area contributed by atoms with Crippen LogP contribution in [0.2, 0.25) is 0 Å². The fourth-order valence-corrected chi connectivity index (χ4v) is 2.71. The smallest absolute Gasteiger partial charge is 0.322 e. The lowest BCUT2D eigenvalue weighted by molar-refractivity contribution is -0.141. The summed E-state index contributed by atoms with van der Waals surface area (Å²) in [6, 6.07) is 2.41. The Morgan fingerprint density at radius 1 is 0.906 bits per heavy atom. The highest BCUT2D eigenvalue weighted by Crippen LogP contribution is 2.11. The fourth-order valence-electron chi connectivity index (χ4n) is 2.71. The number of amides is 3. The minimum atomic E-state index is -1.54. The van der Waals surface area contributed by atoms with Gasteiger partial charge in [-0.25, -0.2) is 0 Å². The third-order valence-electron chi connectivity index (χ3n) is 4.40. The second-order valence-electron chi connectivity index (χ2n) is 7.48. The van der Waals surface area contributed by atoms with Gasteiger partial charge in [-0.05, 0) is 30.0 Å². The topological polar surface area (TPSA) is 208 Å². The van der Waals surface area contributed by atoms with Crippen molar-refractivity contribution in [3.63, 3.8) is 0 Å². The number of carbonyl (C=O) groups is 5. The summed E-state index contributed by atoms with van der Waals surface area (Å²) in [5.74, 6) is -5.55. The minimum Gasteiger partial charge on any atom is -0.508 e. The zero-order chi connectivity index (χ0) is 24.4. The molecule has 3 atom stereocenters. The Bertz CT molecular complexity index is 841. The Hall–Kier alpha value is -3.67. The molecule has 0 radical (unpaired) electrons. The molecule has 3 unspecified atom stereocenters. The first-order valence-corrected chi connectivity index (χ1v) is 9.76. The van der Waals surface area contributed by atoms with Crippen molar-refractivity contribution >= 4 is 29.7 Å². The summed E-state index contributed by atoms with van der Waals surface area (Å²) in [5.41, 5.74) is 6.60. The van der Waals surface area contributed by atoms with Gasteiger partial charge in [0.25, 0.3) is 0 Å². The van der Waals surface area contributed by atoms with Crippen LogP contribution < -0.4 is 21.7 Å². The highest BCUT2D eigenvalue weighted by atomic mass is 16.4. The Labute approximate surface area is 184 Å². The molecule has 0 aliphatic carbocycles. The van der Waals surface area contributed by atoms with Gasteiger partial charge in [0, 0.05) is 0 Å². The zero-order valence-corrected chi connectivity index (χ0v) is 17.7. The maximum Gasteiger partial charge on any atom is 0.322 e. The number of benzene rings is 1. The van der Waals surface area contributed by atoms with Gasteiger partial charge in [-0.2, -0.15) is 0 Å². The van der Waals surface area contributed by atoms with Crippen LogP contribution >= 0.6 is 0 Å². The Balaban J connectivity index is 2.83. The Morgan fingerprint density at radius 3 is 2.00 bits per heavy atom. The van der Waals surface area contributed by atoms with Crippen LogP contribution in [0.5, 0.6) is 5.75 Å². The van der Waals surface area contributed by atoms with Crippen LogP contribution in [0, 0.1) is 5.92 Å². The Morgan fingerprint density at radius 2 is 1.50 bits per heavy atom. The molecule has 0 aromatic heterocycles. The summed E-state index contributed by atoms with van der Waals surface area (Å²) < 4.78 is 0. The number of nitrogens with two attached hydrogens (primary N) is 1. The second-order valence-corrected chi connectivity index (χ2v) is 7.48. The molecule has 0 bridgehead atoms.